The van der Waals surface area contributed by atoms with Crippen LogP contribution in [-0.4, -0.2) is 37.2 Å². The average Bonchev–Trinajstić information content (AvgIpc) is 3.03. The number of ether oxygens (including phenoxy) is 2. The summed E-state index contributed by atoms with van der Waals surface area (Å²) in [5.41, 5.74) is 9.59. The number of fused-ring (bicyclic) bond motifs is 3. The standard InChI is InChI=1S/C22H24N2O5/c1-2-28-21(26)19(11-12-20(23)25)24-22(27)29-13-18-16-9-5-3-7-14(16)15-8-4-6-10-17(15)18/h3-10,18-19H,2,11-13H2,1H3,(H2,23,25)(H,24,27). The van der Waals surface area contributed by atoms with Crippen LogP contribution in [0.2, 0.25) is 0 Å². The van der Waals surface area contributed by atoms with Crippen molar-refractivity contribution in [2.75, 3.05) is 13.2 Å². The predicted molar refractivity (Wildman–Crippen MR) is 107 cm³/mol. The van der Waals surface area contributed by atoms with Gasteiger partial charge >= 0.3 is 12.1 Å². The van der Waals surface area contributed by atoms with Gasteiger partial charge in [-0.05, 0) is 35.6 Å². The number of amides is 2. The van der Waals surface area contributed by atoms with E-state index in [2.05, 4.69) is 17.4 Å². The van der Waals surface area contributed by atoms with Crippen LogP contribution in [0.1, 0.15) is 36.8 Å². The summed E-state index contributed by atoms with van der Waals surface area (Å²) >= 11 is 0. The van der Waals surface area contributed by atoms with E-state index in [9.17, 15) is 14.4 Å². The highest BCUT2D eigenvalue weighted by molar-refractivity contribution is 5.83. The zero-order valence-corrected chi connectivity index (χ0v) is 16.2. The van der Waals surface area contributed by atoms with Crippen molar-refractivity contribution in [3.05, 3.63) is 59.7 Å². The summed E-state index contributed by atoms with van der Waals surface area (Å²) in [6, 6.07) is 15.0. The van der Waals surface area contributed by atoms with Crippen LogP contribution in [-0.2, 0) is 19.1 Å². The fourth-order valence-electron chi connectivity index (χ4n) is 3.56. The molecule has 0 aliphatic heterocycles. The van der Waals surface area contributed by atoms with Crippen molar-refractivity contribution in [2.45, 2.75) is 31.7 Å². The highest BCUT2D eigenvalue weighted by Crippen LogP contribution is 2.44. The second-order valence-electron chi connectivity index (χ2n) is 6.78. The molecule has 1 unspecified atom stereocenters. The summed E-state index contributed by atoms with van der Waals surface area (Å²) in [4.78, 5) is 35.4. The molecule has 1 atom stereocenters. The lowest BCUT2D eigenvalue weighted by Crippen LogP contribution is -2.43. The van der Waals surface area contributed by atoms with Gasteiger partial charge in [-0.3, -0.25) is 4.79 Å². The van der Waals surface area contributed by atoms with Gasteiger partial charge in [0.05, 0.1) is 6.61 Å². The lowest BCUT2D eigenvalue weighted by atomic mass is 9.98. The summed E-state index contributed by atoms with van der Waals surface area (Å²) in [6.07, 6.45) is -0.736. The van der Waals surface area contributed by atoms with Crippen molar-refractivity contribution in [3.8, 4) is 11.1 Å². The van der Waals surface area contributed by atoms with Crippen LogP contribution in [0.4, 0.5) is 4.79 Å². The van der Waals surface area contributed by atoms with Crippen molar-refractivity contribution >= 4 is 18.0 Å². The molecule has 0 spiro atoms. The van der Waals surface area contributed by atoms with Gasteiger partial charge in [0.15, 0.2) is 0 Å². The van der Waals surface area contributed by atoms with Crippen LogP contribution >= 0.6 is 0 Å². The largest absolute Gasteiger partial charge is 0.464 e. The third-order valence-corrected chi connectivity index (χ3v) is 4.89. The van der Waals surface area contributed by atoms with Crippen LogP contribution in [0.15, 0.2) is 48.5 Å². The van der Waals surface area contributed by atoms with E-state index in [0.29, 0.717) is 0 Å². The van der Waals surface area contributed by atoms with E-state index in [-0.39, 0.29) is 32.0 Å². The Morgan fingerprint density at radius 2 is 1.59 bits per heavy atom. The SMILES string of the molecule is CCOC(=O)C(CCC(N)=O)NC(=O)OCC1c2ccccc2-c2ccccc21. The first-order valence-electron chi connectivity index (χ1n) is 9.57. The van der Waals surface area contributed by atoms with E-state index in [1.54, 1.807) is 6.92 Å². The van der Waals surface area contributed by atoms with Gasteiger partial charge in [-0.15, -0.1) is 0 Å². The van der Waals surface area contributed by atoms with E-state index in [1.807, 2.05) is 36.4 Å². The van der Waals surface area contributed by atoms with Crippen molar-refractivity contribution in [3.63, 3.8) is 0 Å². The molecule has 0 saturated heterocycles. The molecule has 29 heavy (non-hydrogen) atoms. The van der Waals surface area contributed by atoms with Gasteiger partial charge in [-0.1, -0.05) is 48.5 Å². The minimum absolute atomic E-state index is 0.0485. The van der Waals surface area contributed by atoms with E-state index in [0.717, 1.165) is 22.3 Å². The minimum Gasteiger partial charge on any atom is -0.464 e. The van der Waals surface area contributed by atoms with Gasteiger partial charge in [0.1, 0.15) is 12.6 Å². The molecule has 3 rings (SSSR count). The molecule has 0 heterocycles. The number of hydrogen-bond donors (Lipinski definition) is 2. The Morgan fingerprint density at radius 3 is 2.14 bits per heavy atom. The molecule has 2 aromatic rings. The van der Waals surface area contributed by atoms with Gasteiger partial charge in [0, 0.05) is 12.3 Å². The molecule has 3 N–H and O–H groups in total. The van der Waals surface area contributed by atoms with Crippen molar-refractivity contribution in [1.29, 1.82) is 0 Å². The molecule has 152 valence electrons. The Balaban J connectivity index is 1.66. The van der Waals surface area contributed by atoms with Crippen molar-refractivity contribution in [1.82, 2.24) is 5.32 Å². The molecule has 0 bridgehead atoms. The predicted octanol–water partition coefficient (Wildman–Crippen LogP) is 2.72. The molecule has 0 saturated carbocycles. The van der Waals surface area contributed by atoms with Crippen LogP contribution in [0.3, 0.4) is 0 Å². The van der Waals surface area contributed by atoms with E-state index < -0.39 is 24.0 Å². The number of alkyl carbamates (subject to hydrolysis) is 1. The van der Waals surface area contributed by atoms with Gasteiger partial charge in [-0.2, -0.15) is 0 Å². The molecule has 0 fully saturated rings. The summed E-state index contributed by atoms with van der Waals surface area (Å²) in [5, 5.41) is 2.49. The molecule has 2 amide bonds. The van der Waals surface area contributed by atoms with Gasteiger partial charge in [0.25, 0.3) is 0 Å². The fraction of sp³-hybridized carbons (Fsp3) is 0.318. The number of carbonyl (C=O) groups is 3. The number of nitrogens with two attached hydrogens (primary N) is 1. The number of esters is 1. The van der Waals surface area contributed by atoms with Crippen LogP contribution in [0, 0.1) is 0 Å². The van der Waals surface area contributed by atoms with E-state index in [4.69, 9.17) is 15.2 Å². The number of nitrogens with one attached hydrogen (secondary N) is 1. The average molecular weight is 396 g/mol. The Morgan fingerprint density at radius 1 is 1.00 bits per heavy atom. The third-order valence-electron chi connectivity index (χ3n) is 4.89. The number of carbonyl (C=O) groups excluding carboxylic acids is 3. The number of benzene rings is 2. The maximum atomic E-state index is 12.3. The zero-order valence-electron chi connectivity index (χ0n) is 16.2. The summed E-state index contributed by atoms with van der Waals surface area (Å²) in [6.45, 7) is 1.96. The van der Waals surface area contributed by atoms with Crippen LogP contribution in [0.25, 0.3) is 11.1 Å². The fourth-order valence-corrected chi connectivity index (χ4v) is 3.56. The second-order valence-corrected chi connectivity index (χ2v) is 6.78. The first-order chi connectivity index (χ1) is 14.0. The molecule has 1 aliphatic rings. The zero-order chi connectivity index (χ0) is 20.8. The third kappa shape index (κ3) is 4.74. The number of hydrogen-bond acceptors (Lipinski definition) is 5. The molecule has 1 aliphatic carbocycles. The van der Waals surface area contributed by atoms with Gasteiger partial charge < -0.3 is 20.5 Å². The topological polar surface area (TPSA) is 108 Å². The van der Waals surface area contributed by atoms with E-state index in [1.165, 1.54) is 0 Å². The molecule has 0 aromatic heterocycles. The highest BCUT2D eigenvalue weighted by Gasteiger charge is 2.30. The monoisotopic (exact) mass is 396 g/mol. The number of rotatable bonds is 8. The Labute approximate surface area is 169 Å². The van der Waals surface area contributed by atoms with Crippen molar-refractivity contribution in [2.24, 2.45) is 5.73 Å². The smallest absolute Gasteiger partial charge is 0.407 e. The van der Waals surface area contributed by atoms with Crippen LogP contribution in [0.5, 0.6) is 0 Å². The molecular weight excluding hydrogens is 372 g/mol. The molecular formula is C22H24N2O5. The van der Waals surface area contributed by atoms with E-state index >= 15 is 0 Å². The number of primary amides is 1. The second kappa shape index (κ2) is 9.23. The lowest BCUT2D eigenvalue weighted by molar-refractivity contribution is -0.145. The molecule has 0 radical (unpaired) electrons. The quantitative estimate of drug-likeness (QED) is 0.667. The van der Waals surface area contributed by atoms with Crippen LogP contribution < -0.4 is 11.1 Å². The molecule has 7 heteroatoms. The molecule has 7 nitrogen and oxygen atoms in total. The van der Waals surface area contributed by atoms with Gasteiger partial charge in [-0.25, -0.2) is 9.59 Å². The first-order valence-corrected chi connectivity index (χ1v) is 9.57. The van der Waals surface area contributed by atoms with Gasteiger partial charge in [0.2, 0.25) is 5.91 Å². The summed E-state index contributed by atoms with van der Waals surface area (Å²) in [5.74, 6) is -1.27. The highest BCUT2D eigenvalue weighted by atomic mass is 16.6. The minimum atomic E-state index is -0.988. The summed E-state index contributed by atoms with van der Waals surface area (Å²) < 4.78 is 10.4. The summed E-state index contributed by atoms with van der Waals surface area (Å²) in [7, 11) is 0. The first kappa shape index (κ1) is 20.4. The Bertz CT molecular complexity index is 866. The lowest BCUT2D eigenvalue weighted by Gasteiger charge is -2.18. The maximum absolute atomic E-state index is 12.3. The molecule has 2 aromatic carbocycles. The Hall–Kier alpha value is -3.35. The maximum Gasteiger partial charge on any atom is 0.407 e. The van der Waals surface area contributed by atoms with Crippen molar-refractivity contribution < 1.29 is 23.9 Å². The Kier molecular flexibility index (Phi) is 6.49. The normalized spacial score (nSPS) is 13.1.